The number of sulfone groups is 1. The molecule has 2 aliphatic rings. The average molecular weight is 204 g/mol. The second-order valence-corrected chi connectivity index (χ2v) is 5.74. The smallest absolute Gasteiger partial charge is 0.321 e. The van der Waals surface area contributed by atoms with E-state index >= 15 is 0 Å². The van der Waals surface area contributed by atoms with Crippen LogP contribution in [0.1, 0.15) is 12.8 Å². The summed E-state index contributed by atoms with van der Waals surface area (Å²) < 4.78 is 26.6. The number of carbonyl (C=O) groups excluding carboxylic acids is 2. The van der Waals surface area contributed by atoms with Crippen LogP contribution in [0.25, 0.3) is 0 Å². The van der Waals surface area contributed by atoms with Gasteiger partial charge in [-0.15, -0.1) is 0 Å². The Hall–Kier alpha value is -0.910. The molecule has 72 valence electrons. The van der Waals surface area contributed by atoms with Crippen LogP contribution in [0.5, 0.6) is 0 Å². The molecule has 0 aromatic heterocycles. The van der Waals surface area contributed by atoms with Gasteiger partial charge in [0.1, 0.15) is 0 Å². The van der Waals surface area contributed by atoms with Gasteiger partial charge in [-0.05, 0) is 6.42 Å². The Morgan fingerprint density at radius 3 is 2.38 bits per heavy atom. The third-order valence-electron chi connectivity index (χ3n) is 2.51. The van der Waals surface area contributed by atoms with Crippen molar-refractivity contribution in [3.05, 3.63) is 0 Å². The van der Waals surface area contributed by atoms with Gasteiger partial charge in [-0.3, -0.25) is 9.59 Å². The Kier molecular flexibility index (Phi) is 1.54. The van der Waals surface area contributed by atoms with E-state index in [9.17, 15) is 18.0 Å². The Labute approximate surface area is 75.0 Å². The highest BCUT2D eigenvalue weighted by Crippen LogP contribution is 2.41. The SMILES string of the molecule is O=C1CC2(CCS(=O)(=O)C2)C(=O)O1. The molecule has 5 nitrogen and oxygen atoms in total. The van der Waals surface area contributed by atoms with Crippen molar-refractivity contribution in [3.63, 3.8) is 0 Å². The normalized spacial score (nSPS) is 36.9. The zero-order valence-corrected chi connectivity index (χ0v) is 7.59. The first-order valence-corrected chi connectivity index (χ1v) is 5.71. The fourth-order valence-electron chi connectivity index (χ4n) is 1.81. The molecule has 0 N–H and O–H groups in total. The molecule has 2 saturated heterocycles. The molecule has 0 amide bonds. The second-order valence-electron chi connectivity index (χ2n) is 3.56. The lowest BCUT2D eigenvalue weighted by molar-refractivity contribution is -0.154. The Bertz CT molecular complexity index is 382. The monoisotopic (exact) mass is 204 g/mol. The van der Waals surface area contributed by atoms with Crippen LogP contribution in [0, 0.1) is 5.41 Å². The standard InChI is InChI=1S/C7H8O5S/c8-5-3-7(6(9)12-5)1-2-13(10,11)4-7/h1-4H2. The van der Waals surface area contributed by atoms with Crippen LogP contribution in [0.2, 0.25) is 0 Å². The Morgan fingerprint density at radius 1 is 1.31 bits per heavy atom. The number of hydrogen-bond acceptors (Lipinski definition) is 5. The number of hydrogen-bond donors (Lipinski definition) is 0. The number of carbonyl (C=O) groups is 2. The molecule has 2 fully saturated rings. The van der Waals surface area contributed by atoms with E-state index in [1.807, 2.05) is 0 Å². The summed E-state index contributed by atoms with van der Waals surface area (Å²) in [5.41, 5.74) is -1.05. The van der Waals surface area contributed by atoms with E-state index in [-0.39, 0.29) is 24.3 Å². The summed E-state index contributed by atoms with van der Waals surface area (Å²) in [6.07, 6.45) is 0.144. The fraction of sp³-hybridized carbons (Fsp3) is 0.714. The third-order valence-corrected chi connectivity index (χ3v) is 4.33. The number of rotatable bonds is 0. The zero-order valence-electron chi connectivity index (χ0n) is 6.78. The summed E-state index contributed by atoms with van der Waals surface area (Å²) in [6.45, 7) is 0. The van der Waals surface area contributed by atoms with E-state index in [2.05, 4.69) is 4.74 Å². The van der Waals surface area contributed by atoms with Crippen LogP contribution in [0.4, 0.5) is 0 Å². The lowest BCUT2D eigenvalue weighted by Crippen LogP contribution is -2.27. The van der Waals surface area contributed by atoms with Gasteiger partial charge in [0, 0.05) is 0 Å². The molecule has 0 saturated carbocycles. The molecule has 0 aliphatic carbocycles. The maximum Gasteiger partial charge on any atom is 0.321 e. The Balaban J connectivity index is 2.34. The fourth-order valence-corrected chi connectivity index (χ4v) is 3.87. The van der Waals surface area contributed by atoms with Crippen LogP contribution in [0.3, 0.4) is 0 Å². The summed E-state index contributed by atoms with van der Waals surface area (Å²) >= 11 is 0. The third kappa shape index (κ3) is 1.25. The molecular formula is C7H8O5S. The van der Waals surface area contributed by atoms with Crippen molar-refractivity contribution in [2.45, 2.75) is 12.8 Å². The lowest BCUT2D eigenvalue weighted by Gasteiger charge is -2.12. The maximum atomic E-state index is 11.2. The quantitative estimate of drug-likeness (QED) is 0.384. The molecule has 0 aromatic rings. The molecule has 2 rings (SSSR count). The van der Waals surface area contributed by atoms with Gasteiger partial charge < -0.3 is 4.74 Å². The molecule has 0 bridgehead atoms. The minimum Gasteiger partial charge on any atom is -0.393 e. The minimum absolute atomic E-state index is 0.0185. The van der Waals surface area contributed by atoms with Crippen molar-refractivity contribution >= 4 is 21.8 Å². The van der Waals surface area contributed by atoms with Gasteiger partial charge in [0.25, 0.3) is 0 Å². The average Bonchev–Trinajstić information content (AvgIpc) is 2.38. The molecule has 2 aliphatic heterocycles. The Morgan fingerprint density at radius 2 is 2.00 bits per heavy atom. The van der Waals surface area contributed by atoms with Crippen LogP contribution >= 0.6 is 0 Å². The van der Waals surface area contributed by atoms with Crippen LogP contribution in [0.15, 0.2) is 0 Å². The van der Waals surface area contributed by atoms with E-state index in [0.29, 0.717) is 0 Å². The molecule has 1 atom stereocenters. The van der Waals surface area contributed by atoms with Crippen LogP contribution in [-0.4, -0.2) is 31.9 Å². The number of esters is 2. The molecular weight excluding hydrogens is 196 g/mol. The molecule has 1 unspecified atom stereocenters. The van der Waals surface area contributed by atoms with Crippen molar-refractivity contribution < 1.29 is 22.7 Å². The first-order chi connectivity index (χ1) is 5.94. The molecule has 2 heterocycles. The summed E-state index contributed by atoms with van der Waals surface area (Å²) in [5, 5.41) is 0. The van der Waals surface area contributed by atoms with Gasteiger partial charge in [-0.25, -0.2) is 8.42 Å². The van der Waals surface area contributed by atoms with Gasteiger partial charge in [0.15, 0.2) is 9.84 Å². The number of cyclic esters (lactones) is 2. The summed E-state index contributed by atoms with van der Waals surface area (Å²) in [6, 6.07) is 0. The summed E-state index contributed by atoms with van der Waals surface area (Å²) in [5.74, 6) is -1.53. The van der Waals surface area contributed by atoms with Crippen molar-refractivity contribution in [1.82, 2.24) is 0 Å². The summed E-state index contributed by atoms with van der Waals surface area (Å²) in [4.78, 5) is 22.0. The van der Waals surface area contributed by atoms with Gasteiger partial charge in [0.05, 0.1) is 23.3 Å². The van der Waals surface area contributed by atoms with E-state index in [1.165, 1.54) is 0 Å². The lowest BCUT2D eigenvalue weighted by atomic mass is 9.86. The van der Waals surface area contributed by atoms with E-state index in [0.717, 1.165) is 0 Å². The largest absolute Gasteiger partial charge is 0.393 e. The van der Waals surface area contributed by atoms with E-state index in [1.54, 1.807) is 0 Å². The van der Waals surface area contributed by atoms with Crippen molar-refractivity contribution in [3.8, 4) is 0 Å². The van der Waals surface area contributed by atoms with Crippen LogP contribution in [-0.2, 0) is 24.2 Å². The highest BCUT2D eigenvalue weighted by atomic mass is 32.2. The summed E-state index contributed by atoms with van der Waals surface area (Å²) in [7, 11) is -3.15. The molecule has 1 spiro atoms. The van der Waals surface area contributed by atoms with E-state index in [4.69, 9.17) is 0 Å². The van der Waals surface area contributed by atoms with Gasteiger partial charge in [0.2, 0.25) is 0 Å². The molecule has 13 heavy (non-hydrogen) atoms. The first-order valence-electron chi connectivity index (χ1n) is 3.89. The predicted octanol–water partition coefficient (Wildman–Crippen LogP) is -0.735. The maximum absolute atomic E-state index is 11.2. The molecule has 0 aromatic carbocycles. The van der Waals surface area contributed by atoms with Gasteiger partial charge >= 0.3 is 11.9 Å². The zero-order chi connectivity index (χ0) is 9.69. The molecule has 6 heteroatoms. The highest BCUT2D eigenvalue weighted by molar-refractivity contribution is 7.91. The number of ether oxygens (including phenoxy) is 1. The van der Waals surface area contributed by atoms with Crippen molar-refractivity contribution in [1.29, 1.82) is 0 Å². The van der Waals surface area contributed by atoms with Crippen LogP contribution < -0.4 is 0 Å². The highest BCUT2D eigenvalue weighted by Gasteiger charge is 2.55. The van der Waals surface area contributed by atoms with Crippen molar-refractivity contribution in [2.24, 2.45) is 5.41 Å². The first kappa shape index (κ1) is 8.68. The van der Waals surface area contributed by atoms with Gasteiger partial charge in [-0.1, -0.05) is 0 Å². The van der Waals surface area contributed by atoms with Gasteiger partial charge in [-0.2, -0.15) is 0 Å². The molecule has 0 radical (unpaired) electrons. The van der Waals surface area contributed by atoms with Crippen molar-refractivity contribution in [2.75, 3.05) is 11.5 Å². The van der Waals surface area contributed by atoms with E-state index < -0.39 is 27.2 Å². The minimum atomic E-state index is -3.15. The topological polar surface area (TPSA) is 77.5 Å². The predicted molar refractivity (Wildman–Crippen MR) is 41.4 cm³/mol. The second kappa shape index (κ2) is 2.31.